The number of nitrogens with zero attached hydrogens (tertiary/aromatic N) is 9. The van der Waals surface area contributed by atoms with Gasteiger partial charge in [0.05, 0.1) is 33.8 Å². The van der Waals surface area contributed by atoms with E-state index in [1.54, 1.807) is 0 Å². The molecule has 9 heteroatoms. The first-order chi connectivity index (χ1) is 68.3. The summed E-state index contributed by atoms with van der Waals surface area (Å²) in [6, 6.07) is 153. The van der Waals surface area contributed by atoms with Crippen LogP contribution in [0, 0.1) is 6.92 Å². The van der Waals surface area contributed by atoms with E-state index in [-0.39, 0.29) is 0 Å². The standard InChI is InChI=1S/C129H79N9/c1-3-4-42-88-77(2)122-104-53-25-21-45-92(104)93-46-22-27-55-106(93)124(122)110-71-84(59-62-99(88)110)125-135-126(85-61-66-121-109(70-85)103-52-28-29-58-120(103)138(121)87-40-12-7-13-41-87)137-129(136-125)115-65-60-86(76-130-115)90-43-16-24-51-102(90)119-75-117(79-34-10-6-11-35-79)132-128(134-119)113-72-108-95-57-31-56-89(100(95)63-64-101(108)91-44-17-20-49-97(91)113)82-38-30-39-83(67-82)118-74-116(78-32-8-5-9-33-78)131-127(133-118)114-73-112-96-48-19-18-47-94(96)107-68-80-36-14-15-37-81(80)69-111(107)123(112)105-54-26-23-50-98(105)114/h3-76H,1H2,2H3/b42-4-. The van der Waals surface area contributed by atoms with Crippen LogP contribution < -0.4 is 0 Å². The number of fused-ring (bicyclic) bond motifs is 25. The Morgan fingerprint density at radius 1 is 0.217 bits per heavy atom. The van der Waals surface area contributed by atoms with E-state index in [0.717, 1.165) is 182 Å². The summed E-state index contributed by atoms with van der Waals surface area (Å²) in [6.45, 7) is 6.36. The van der Waals surface area contributed by atoms with Gasteiger partial charge in [-0.25, -0.2) is 34.9 Å². The van der Waals surface area contributed by atoms with E-state index in [4.69, 9.17) is 39.9 Å². The number of benzene rings is 22. The Hall–Kier alpha value is -18.4. The summed E-state index contributed by atoms with van der Waals surface area (Å²) in [5.74, 6) is 2.74. The minimum atomic E-state index is 0.436. The largest absolute Gasteiger partial charge is 0.309 e. The van der Waals surface area contributed by atoms with Crippen molar-refractivity contribution in [1.29, 1.82) is 0 Å². The zero-order chi connectivity index (χ0) is 91.2. The van der Waals surface area contributed by atoms with Crippen LogP contribution in [0.25, 0.3) is 287 Å². The van der Waals surface area contributed by atoms with Crippen LogP contribution >= 0.6 is 0 Å². The molecule has 0 saturated heterocycles. The summed E-state index contributed by atoms with van der Waals surface area (Å²) in [4.78, 5) is 44.4. The van der Waals surface area contributed by atoms with Crippen molar-refractivity contribution in [1.82, 2.24) is 44.4 Å². The van der Waals surface area contributed by atoms with Crippen molar-refractivity contribution < 1.29 is 0 Å². The minimum absolute atomic E-state index is 0.436. The minimum Gasteiger partial charge on any atom is -0.309 e. The Morgan fingerprint density at radius 3 is 1.30 bits per heavy atom. The molecule has 0 aliphatic carbocycles. The molecule has 0 spiro atoms. The lowest BCUT2D eigenvalue weighted by Gasteiger charge is -2.18. The first kappa shape index (κ1) is 79.3. The van der Waals surface area contributed by atoms with E-state index < -0.39 is 0 Å². The molecule has 0 radical (unpaired) electrons. The lowest BCUT2D eigenvalue weighted by Crippen LogP contribution is -2.02. The van der Waals surface area contributed by atoms with E-state index in [1.807, 2.05) is 24.4 Å². The highest BCUT2D eigenvalue weighted by atomic mass is 15.1. The van der Waals surface area contributed by atoms with Gasteiger partial charge in [-0.15, -0.1) is 0 Å². The highest BCUT2D eigenvalue weighted by molar-refractivity contribution is 6.36. The highest BCUT2D eigenvalue weighted by Crippen LogP contribution is 2.50. The van der Waals surface area contributed by atoms with Gasteiger partial charge in [0.1, 0.15) is 5.69 Å². The number of rotatable bonds is 14. The van der Waals surface area contributed by atoms with Crippen molar-refractivity contribution in [2.24, 2.45) is 0 Å². The summed E-state index contributed by atoms with van der Waals surface area (Å²) in [7, 11) is 0. The van der Waals surface area contributed by atoms with Crippen molar-refractivity contribution in [3.05, 3.63) is 461 Å². The van der Waals surface area contributed by atoms with Gasteiger partial charge >= 0.3 is 0 Å². The molecule has 0 N–H and O–H groups in total. The molecule has 0 aliphatic heterocycles. The maximum Gasteiger partial charge on any atom is 0.182 e. The molecule has 22 aromatic carbocycles. The normalized spacial score (nSPS) is 11.9. The summed E-state index contributed by atoms with van der Waals surface area (Å²) in [5, 5.41) is 30.1. The molecule has 27 rings (SSSR count). The lowest BCUT2D eigenvalue weighted by atomic mass is 9.85. The molecular weight excluding hydrogens is 1680 g/mol. The SMILES string of the molecule is C=C/C=C\c1c(C)c2c3ccccc3c3ccccc3c2c2cc(-c3nc(-c4ccc5c(c4)c4ccccc4n5-c4ccccc4)nc(-c4ccc(-c5ccccc5-c5cc(-c6ccccc6)nc(-c6cc7c8cccc(-c9cccc(-c%10cc(-c%11ccccc%11)nc(-c%11cc%12c%13ccccc%13c%13cc%14ccccc%14cc%13c%12c%12ccccc%11%12)n%10)c9)c8ccc7c7ccccc67)n5)cn4)n3)ccc12. The van der Waals surface area contributed by atoms with Crippen LogP contribution in [0.3, 0.4) is 0 Å². The third-order valence-electron chi connectivity index (χ3n) is 28.2. The Balaban J connectivity index is 0.581. The molecule has 640 valence electrons. The van der Waals surface area contributed by atoms with Crippen LogP contribution in [-0.2, 0) is 0 Å². The monoisotopic (exact) mass is 1750 g/mol. The van der Waals surface area contributed by atoms with Gasteiger partial charge in [0.2, 0.25) is 0 Å². The van der Waals surface area contributed by atoms with Gasteiger partial charge in [0.15, 0.2) is 29.1 Å². The van der Waals surface area contributed by atoms with E-state index in [1.165, 1.54) is 75.6 Å². The van der Waals surface area contributed by atoms with Gasteiger partial charge in [0.25, 0.3) is 0 Å². The fraction of sp³-hybridized carbons (Fsp3) is 0.00775. The number of allylic oxidation sites excluding steroid dienone is 2. The second-order valence-corrected chi connectivity index (χ2v) is 35.9. The molecule has 0 unspecified atom stereocenters. The summed E-state index contributed by atoms with van der Waals surface area (Å²) < 4.78 is 2.33. The van der Waals surface area contributed by atoms with E-state index in [2.05, 4.69) is 443 Å². The van der Waals surface area contributed by atoms with Crippen LogP contribution in [0.4, 0.5) is 0 Å². The molecule has 0 saturated carbocycles. The van der Waals surface area contributed by atoms with Crippen LogP contribution in [0.2, 0.25) is 0 Å². The smallest absolute Gasteiger partial charge is 0.182 e. The molecule has 9 nitrogen and oxygen atoms in total. The molecule has 5 heterocycles. The number of aryl methyl sites for hydroxylation is 1. The number of para-hydroxylation sites is 2. The Labute approximate surface area is 793 Å². The van der Waals surface area contributed by atoms with Crippen LogP contribution in [0.15, 0.2) is 450 Å². The van der Waals surface area contributed by atoms with Gasteiger partial charge in [-0.05, 0) is 255 Å². The van der Waals surface area contributed by atoms with Gasteiger partial charge in [-0.1, -0.05) is 358 Å². The van der Waals surface area contributed by atoms with Crippen LogP contribution in [0.1, 0.15) is 11.1 Å². The van der Waals surface area contributed by atoms with Crippen molar-refractivity contribution in [3.63, 3.8) is 0 Å². The van der Waals surface area contributed by atoms with Crippen LogP contribution in [-0.4, -0.2) is 44.4 Å². The second kappa shape index (κ2) is 32.2. The molecule has 138 heavy (non-hydrogen) atoms. The van der Waals surface area contributed by atoms with Gasteiger partial charge < -0.3 is 4.57 Å². The molecule has 5 aromatic heterocycles. The van der Waals surface area contributed by atoms with Gasteiger partial charge in [-0.3, -0.25) is 4.98 Å². The maximum atomic E-state index is 5.74. The van der Waals surface area contributed by atoms with Crippen molar-refractivity contribution in [3.8, 4) is 130 Å². The van der Waals surface area contributed by atoms with Crippen molar-refractivity contribution >= 4 is 157 Å². The van der Waals surface area contributed by atoms with Gasteiger partial charge in [0, 0.05) is 72.7 Å². The first-order valence-electron chi connectivity index (χ1n) is 46.9. The molecule has 27 aromatic rings. The lowest BCUT2D eigenvalue weighted by molar-refractivity contribution is 1.06. The molecule has 0 amide bonds. The fourth-order valence-corrected chi connectivity index (χ4v) is 21.9. The van der Waals surface area contributed by atoms with E-state index in [0.29, 0.717) is 34.8 Å². The second-order valence-electron chi connectivity index (χ2n) is 35.9. The first-order valence-corrected chi connectivity index (χ1v) is 46.9. The summed E-state index contributed by atoms with van der Waals surface area (Å²) in [6.07, 6.45) is 8.02. The Kier molecular flexibility index (Phi) is 18.5. The fourth-order valence-electron chi connectivity index (χ4n) is 21.9. The van der Waals surface area contributed by atoms with Crippen molar-refractivity contribution in [2.45, 2.75) is 6.92 Å². The molecule has 0 aliphatic rings. The molecule has 0 bridgehead atoms. The zero-order valence-electron chi connectivity index (χ0n) is 75.0. The molecule has 0 atom stereocenters. The maximum absolute atomic E-state index is 5.74. The predicted octanol–water partition coefficient (Wildman–Crippen LogP) is 33.6. The van der Waals surface area contributed by atoms with Crippen molar-refractivity contribution in [2.75, 3.05) is 0 Å². The van der Waals surface area contributed by atoms with Crippen LogP contribution in [0.5, 0.6) is 0 Å². The average Bonchev–Trinajstić information content (AvgIpc) is 0.933. The molecular formula is C129H79N9. The highest BCUT2D eigenvalue weighted by Gasteiger charge is 2.27. The third-order valence-corrected chi connectivity index (χ3v) is 28.2. The third kappa shape index (κ3) is 13.0. The Bertz CT molecular complexity index is 9880. The number of hydrogen-bond donors (Lipinski definition) is 0. The summed E-state index contributed by atoms with van der Waals surface area (Å²) >= 11 is 0. The predicted molar refractivity (Wildman–Crippen MR) is 577 cm³/mol. The molecule has 0 fully saturated rings. The zero-order valence-corrected chi connectivity index (χ0v) is 75.0. The van der Waals surface area contributed by atoms with E-state index in [9.17, 15) is 0 Å². The van der Waals surface area contributed by atoms with E-state index >= 15 is 0 Å². The number of aromatic nitrogens is 9. The average molecular weight is 1760 g/mol. The number of hydrogen-bond acceptors (Lipinski definition) is 8. The number of pyridine rings is 1. The topological polar surface area (TPSA) is 108 Å². The summed E-state index contributed by atoms with van der Waals surface area (Å²) in [5.41, 5.74) is 20.8. The Morgan fingerprint density at radius 2 is 0.630 bits per heavy atom. The quantitative estimate of drug-likeness (QED) is 0.0602. The van der Waals surface area contributed by atoms with Gasteiger partial charge in [-0.2, -0.15) is 0 Å².